The molecule has 1 N–H and O–H groups in total. The van der Waals surface area contributed by atoms with E-state index in [4.69, 9.17) is 0 Å². The van der Waals surface area contributed by atoms with Gasteiger partial charge in [-0.1, -0.05) is 12.2 Å². The summed E-state index contributed by atoms with van der Waals surface area (Å²) >= 11 is 0. The molecule has 2 amide bonds. The second-order valence-corrected chi connectivity index (χ2v) is 6.23. The number of aromatic nitrogens is 2. The van der Waals surface area contributed by atoms with Gasteiger partial charge in [-0.05, 0) is 43.6 Å². The highest BCUT2D eigenvalue weighted by molar-refractivity contribution is 5.74. The molecular formula is C16H24N4O. The number of aryl methyl sites for hydroxylation is 2. The number of allylic oxidation sites excluding steroid dienone is 2. The predicted molar refractivity (Wildman–Crippen MR) is 81.9 cm³/mol. The molecular weight excluding hydrogens is 264 g/mol. The molecule has 5 heteroatoms. The van der Waals surface area contributed by atoms with E-state index in [-0.39, 0.29) is 6.03 Å². The van der Waals surface area contributed by atoms with Gasteiger partial charge in [0, 0.05) is 32.4 Å². The molecule has 0 unspecified atom stereocenters. The van der Waals surface area contributed by atoms with Gasteiger partial charge < -0.3 is 10.2 Å². The highest BCUT2D eigenvalue weighted by Gasteiger charge is 2.34. The monoisotopic (exact) mass is 288 g/mol. The molecule has 1 saturated heterocycles. The Kier molecular flexibility index (Phi) is 4.27. The molecule has 1 aliphatic heterocycles. The van der Waals surface area contributed by atoms with Gasteiger partial charge in [-0.3, -0.25) is 4.68 Å². The molecule has 2 atom stereocenters. The van der Waals surface area contributed by atoms with Crippen molar-refractivity contribution in [3.63, 3.8) is 0 Å². The maximum Gasteiger partial charge on any atom is 0.317 e. The van der Waals surface area contributed by atoms with Crippen LogP contribution in [0.1, 0.15) is 24.8 Å². The van der Waals surface area contributed by atoms with E-state index in [0.29, 0.717) is 18.4 Å². The fourth-order valence-electron chi connectivity index (χ4n) is 3.32. The Labute approximate surface area is 126 Å². The number of carbonyl (C=O) groups is 1. The summed E-state index contributed by atoms with van der Waals surface area (Å²) in [6, 6.07) is 0.0982. The number of urea groups is 1. The van der Waals surface area contributed by atoms with Gasteiger partial charge in [0.25, 0.3) is 0 Å². The number of hydrogen-bond donors (Lipinski definition) is 1. The summed E-state index contributed by atoms with van der Waals surface area (Å²) in [6.07, 6.45) is 11.6. The normalized spacial score (nSPS) is 24.1. The molecule has 0 aromatic carbocycles. The molecule has 0 bridgehead atoms. The van der Waals surface area contributed by atoms with Crippen LogP contribution in [0.15, 0.2) is 24.5 Å². The van der Waals surface area contributed by atoms with Gasteiger partial charge in [-0.15, -0.1) is 0 Å². The van der Waals surface area contributed by atoms with Crippen molar-refractivity contribution in [3.8, 4) is 0 Å². The van der Waals surface area contributed by atoms with Gasteiger partial charge >= 0.3 is 6.03 Å². The third-order valence-electron chi connectivity index (χ3n) is 4.51. The first-order chi connectivity index (χ1) is 10.2. The number of rotatable bonds is 4. The van der Waals surface area contributed by atoms with Crippen LogP contribution in [0.5, 0.6) is 0 Å². The first-order valence-electron chi connectivity index (χ1n) is 7.89. The Morgan fingerprint density at radius 3 is 2.67 bits per heavy atom. The van der Waals surface area contributed by atoms with Crippen LogP contribution in [0.25, 0.3) is 0 Å². The van der Waals surface area contributed by atoms with Crippen molar-refractivity contribution in [1.82, 2.24) is 20.0 Å². The first-order valence-corrected chi connectivity index (χ1v) is 7.89. The largest absolute Gasteiger partial charge is 0.338 e. The molecule has 1 fully saturated rings. The van der Waals surface area contributed by atoms with Crippen LogP contribution >= 0.6 is 0 Å². The van der Waals surface area contributed by atoms with E-state index >= 15 is 0 Å². The maximum atomic E-state index is 12.2. The highest BCUT2D eigenvalue weighted by atomic mass is 16.2. The minimum atomic E-state index is 0.0982. The average molecular weight is 288 g/mol. The summed E-state index contributed by atoms with van der Waals surface area (Å²) in [5.41, 5.74) is 1.17. The molecule has 0 spiro atoms. The van der Waals surface area contributed by atoms with Crippen LogP contribution in [-0.4, -0.2) is 40.3 Å². The maximum absolute atomic E-state index is 12.2. The van der Waals surface area contributed by atoms with Crippen LogP contribution in [0, 0.1) is 18.8 Å². The standard InChI is InChI=1S/C16H24N4O/c1-13-9-18-20(10-13)8-4-7-17-16(21)19-11-14-5-2-3-6-15(14)12-19/h2-3,9-10,14-15H,4-8,11-12H2,1H3,(H,17,21)/t14-,15-/m0/s1. The van der Waals surface area contributed by atoms with Crippen molar-refractivity contribution >= 4 is 6.03 Å². The average Bonchev–Trinajstić information content (AvgIpc) is 3.09. The van der Waals surface area contributed by atoms with Crippen LogP contribution < -0.4 is 5.32 Å². The smallest absolute Gasteiger partial charge is 0.317 e. The van der Waals surface area contributed by atoms with Gasteiger partial charge in [-0.2, -0.15) is 5.10 Å². The summed E-state index contributed by atoms with van der Waals surface area (Å²) in [5, 5.41) is 7.28. The zero-order valence-electron chi connectivity index (χ0n) is 12.7. The predicted octanol–water partition coefficient (Wildman–Crippen LogP) is 2.19. The lowest BCUT2D eigenvalue weighted by Crippen LogP contribution is -2.39. The number of likely N-dealkylation sites (tertiary alicyclic amines) is 1. The van der Waals surface area contributed by atoms with Gasteiger partial charge in [0.15, 0.2) is 0 Å². The van der Waals surface area contributed by atoms with E-state index in [0.717, 1.165) is 38.9 Å². The number of fused-ring (bicyclic) bond motifs is 1. The second kappa shape index (κ2) is 6.33. The summed E-state index contributed by atoms with van der Waals surface area (Å²) < 4.78 is 1.93. The zero-order valence-corrected chi connectivity index (χ0v) is 12.7. The number of amides is 2. The van der Waals surface area contributed by atoms with Gasteiger partial charge in [0.2, 0.25) is 0 Å². The van der Waals surface area contributed by atoms with Crippen molar-refractivity contribution in [3.05, 3.63) is 30.1 Å². The number of hydrogen-bond acceptors (Lipinski definition) is 2. The van der Waals surface area contributed by atoms with Crippen LogP contribution in [0.4, 0.5) is 4.79 Å². The van der Waals surface area contributed by atoms with Crippen molar-refractivity contribution in [2.24, 2.45) is 11.8 Å². The molecule has 1 aromatic heterocycles. The minimum absolute atomic E-state index is 0.0982. The fourth-order valence-corrected chi connectivity index (χ4v) is 3.32. The summed E-state index contributed by atoms with van der Waals surface area (Å²) in [4.78, 5) is 14.2. The SMILES string of the molecule is Cc1cnn(CCCNC(=O)N2C[C@@H]3CC=CC[C@H]3C2)c1. The minimum Gasteiger partial charge on any atom is -0.338 e. The van der Waals surface area contributed by atoms with Crippen LogP contribution in [-0.2, 0) is 6.54 Å². The zero-order chi connectivity index (χ0) is 14.7. The highest BCUT2D eigenvalue weighted by Crippen LogP contribution is 2.32. The summed E-state index contributed by atoms with van der Waals surface area (Å²) in [7, 11) is 0. The third kappa shape index (κ3) is 3.46. The van der Waals surface area contributed by atoms with E-state index < -0.39 is 0 Å². The molecule has 3 rings (SSSR count). The lowest BCUT2D eigenvalue weighted by molar-refractivity contribution is 0.206. The second-order valence-electron chi connectivity index (χ2n) is 6.23. The Hall–Kier alpha value is -1.78. The van der Waals surface area contributed by atoms with E-state index in [1.807, 2.05) is 28.9 Å². The van der Waals surface area contributed by atoms with Crippen molar-refractivity contribution in [2.45, 2.75) is 32.7 Å². The number of nitrogens with one attached hydrogen (secondary N) is 1. The van der Waals surface area contributed by atoms with Gasteiger partial charge in [0.05, 0.1) is 6.20 Å². The molecule has 1 aromatic rings. The molecule has 5 nitrogen and oxygen atoms in total. The Morgan fingerprint density at radius 2 is 2.05 bits per heavy atom. The van der Waals surface area contributed by atoms with E-state index in [1.165, 1.54) is 5.56 Å². The number of carbonyl (C=O) groups excluding carboxylic acids is 1. The molecule has 21 heavy (non-hydrogen) atoms. The fraction of sp³-hybridized carbons (Fsp3) is 0.625. The molecule has 114 valence electrons. The Balaban J connectivity index is 1.37. The van der Waals surface area contributed by atoms with E-state index in [9.17, 15) is 4.79 Å². The van der Waals surface area contributed by atoms with Crippen LogP contribution in [0.3, 0.4) is 0 Å². The van der Waals surface area contributed by atoms with Crippen molar-refractivity contribution in [1.29, 1.82) is 0 Å². The lowest BCUT2D eigenvalue weighted by atomic mass is 9.86. The summed E-state index contributed by atoms with van der Waals surface area (Å²) in [6.45, 7) is 5.43. The number of nitrogens with zero attached hydrogens (tertiary/aromatic N) is 3. The first kappa shape index (κ1) is 14.2. The molecule has 0 radical (unpaired) electrons. The molecule has 2 heterocycles. The molecule has 0 saturated carbocycles. The quantitative estimate of drug-likeness (QED) is 0.682. The van der Waals surface area contributed by atoms with Gasteiger partial charge in [0.1, 0.15) is 0 Å². The lowest BCUT2D eigenvalue weighted by Gasteiger charge is -2.17. The van der Waals surface area contributed by atoms with E-state index in [2.05, 4.69) is 22.6 Å². The third-order valence-corrected chi connectivity index (χ3v) is 4.51. The van der Waals surface area contributed by atoms with Crippen molar-refractivity contribution in [2.75, 3.05) is 19.6 Å². The summed E-state index contributed by atoms with van der Waals surface area (Å²) in [5.74, 6) is 1.35. The molecule has 1 aliphatic carbocycles. The molecule has 2 aliphatic rings. The van der Waals surface area contributed by atoms with Crippen molar-refractivity contribution < 1.29 is 4.79 Å². The van der Waals surface area contributed by atoms with Crippen LogP contribution in [0.2, 0.25) is 0 Å². The van der Waals surface area contributed by atoms with E-state index in [1.54, 1.807) is 0 Å². The topological polar surface area (TPSA) is 50.2 Å². The van der Waals surface area contributed by atoms with Gasteiger partial charge in [-0.25, -0.2) is 4.79 Å². The Bertz CT molecular complexity index is 506. The Morgan fingerprint density at radius 1 is 1.33 bits per heavy atom.